The minimum atomic E-state index is -0.451. The van der Waals surface area contributed by atoms with Gasteiger partial charge in [0.1, 0.15) is 17.4 Å². The number of nitrogens with one attached hydrogen (secondary N) is 1. The van der Waals surface area contributed by atoms with Crippen LogP contribution >= 0.6 is 23.1 Å². The normalized spacial score (nSPS) is 10.7. The predicted octanol–water partition coefficient (Wildman–Crippen LogP) is 4.80. The van der Waals surface area contributed by atoms with Crippen LogP contribution in [0.4, 0.5) is 5.00 Å². The average Bonchev–Trinajstić information content (AvgIpc) is 3.35. The SMILES string of the molecule is C=CCn1c(COc2cccc(C)c2)nnc1SCC(=O)Nc1sc(C)c(CC)c1C(=O)OC. The fourth-order valence-electron chi connectivity index (χ4n) is 3.40. The van der Waals surface area contributed by atoms with E-state index in [-0.39, 0.29) is 18.3 Å². The summed E-state index contributed by atoms with van der Waals surface area (Å²) >= 11 is 2.63. The first-order valence-corrected chi connectivity index (χ1v) is 12.5. The summed E-state index contributed by atoms with van der Waals surface area (Å²) in [6.45, 7) is 10.4. The molecule has 0 bridgehead atoms. The Morgan fingerprint density at radius 3 is 2.76 bits per heavy atom. The van der Waals surface area contributed by atoms with Gasteiger partial charge >= 0.3 is 5.97 Å². The molecule has 1 N–H and O–H groups in total. The molecule has 2 aromatic heterocycles. The zero-order valence-electron chi connectivity index (χ0n) is 19.7. The molecule has 0 unspecified atom stereocenters. The standard InChI is InChI=1S/C24H28N4O4S2/c1-6-11-28-19(13-32-17-10-8-9-15(3)12-17)26-27-24(28)33-14-20(29)25-22-21(23(30)31-5)18(7-2)16(4)34-22/h6,8-10,12H,1,7,11,13-14H2,2-5H3,(H,25,29). The van der Waals surface area contributed by atoms with Crippen LogP contribution in [0.15, 0.2) is 42.1 Å². The minimum absolute atomic E-state index is 0.104. The number of thiophene rings is 1. The molecule has 0 spiro atoms. The van der Waals surface area contributed by atoms with Gasteiger partial charge in [0, 0.05) is 11.4 Å². The van der Waals surface area contributed by atoms with Crippen LogP contribution in [0.25, 0.3) is 0 Å². The van der Waals surface area contributed by atoms with E-state index in [0.717, 1.165) is 21.8 Å². The highest BCUT2D eigenvalue weighted by Crippen LogP contribution is 2.34. The van der Waals surface area contributed by atoms with E-state index in [0.29, 0.717) is 34.5 Å². The Balaban J connectivity index is 1.68. The van der Waals surface area contributed by atoms with Gasteiger partial charge in [-0.25, -0.2) is 4.79 Å². The summed E-state index contributed by atoms with van der Waals surface area (Å²) < 4.78 is 12.6. The quantitative estimate of drug-likeness (QED) is 0.229. The number of anilines is 1. The maximum Gasteiger partial charge on any atom is 0.341 e. The van der Waals surface area contributed by atoms with Crippen LogP contribution in [0, 0.1) is 13.8 Å². The molecule has 0 aliphatic rings. The topological polar surface area (TPSA) is 95.3 Å². The number of carbonyl (C=O) groups excluding carboxylic acids is 2. The van der Waals surface area contributed by atoms with Gasteiger partial charge in [-0.05, 0) is 43.5 Å². The first-order chi connectivity index (χ1) is 16.4. The van der Waals surface area contributed by atoms with Gasteiger partial charge in [0.05, 0.1) is 18.4 Å². The molecular weight excluding hydrogens is 472 g/mol. The smallest absolute Gasteiger partial charge is 0.341 e. The van der Waals surface area contributed by atoms with E-state index in [1.165, 1.54) is 30.2 Å². The molecule has 3 aromatic rings. The van der Waals surface area contributed by atoms with Crippen LogP contribution in [-0.2, 0) is 29.1 Å². The van der Waals surface area contributed by atoms with Crippen LogP contribution in [0.5, 0.6) is 5.75 Å². The molecule has 8 nitrogen and oxygen atoms in total. The van der Waals surface area contributed by atoms with Crippen molar-refractivity contribution in [2.45, 2.75) is 45.5 Å². The number of aryl methyl sites for hydroxylation is 2. The monoisotopic (exact) mass is 500 g/mol. The second-order valence-electron chi connectivity index (χ2n) is 7.43. The molecule has 34 heavy (non-hydrogen) atoms. The zero-order valence-corrected chi connectivity index (χ0v) is 21.3. The average molecular weight is 501 g/mol. The Hall–Kier alpha value is -3.11. The van der Waals surface area contributed by atoms with Gasteiger partial charge in [-0.1, -0.05) is 36.9 Å². The van der Waals surface area contributed by atoms with E-state index < -0.39 is 5.97 Å². The number of hydrogen-bond acceptors (Lipinski definition) is 8. The van der Waals surface area contributed by atoms with Crippen molar-refractivity contribution in [3.05, 3.63) is 64.3 Å². The van der Waals surface area contributed by atoms with Crippen molar-refractivity contribution < 1.29 is 19.1 Å². The molecule has 10 heteroatoms. The lowest BCUT2D eigenvalue weighted by Gasteiger charge is -2.10. The third-order valence-corrected chi connectivity index (χ3v) is 7.03. The number of ether oxygens (including phenoxy) is 2. The fraction of sp³-hybridized carbons (Fsp3) is 0.333. The van der Waals surface area contributed by atoms with E-state index in [1.807, 2.05) is 49.6 Å². The van der Waals surface area contributed by atoms with Gasteiger partial charge in [0.15, 0.2) is 11.0 Å². The number of carbonyl (C=O) groups is 2. The third-order valence-electron chi connectivity index (χ3n) is 5.00. The molecule has 0 aliphatic carbocycles. The van der Waals surface area contributed by atoms with E-state index in [2.05, 4.69) is 22.1 Å². The van der Waals surface area contributed by atoms with E-state index in [4.69, 9.17) is 9.47 Å². The molecule has 0 fully saturated rings. The fourth-order valence-corrected chi connectivity index (χ4v) is 5.32. The summed E-state index contributed by atoms with van der Waals surface area (Å²) in [5.74, 6) is 0.796. The predicted molar refractivity (Wildman–Crippen MR) is 135 cm³/mol. The van der Waals surface area contributed by atoms with E-state index >= 15 is 0 Å². The van der Waals surface area contributed by atoms with Crippen LogP contribution in [0.3, 0.4) is 0 Å². The highest BCUT2D eigenvalue weighted by Gasteiger charge is 2.23. The summed E-state index contributed by atoms with van der Waals surface area (Å²) in [6.07, 6.45) is 2.42. The summed E-state index contributed by atoms with van der Waals surface area (Å²) in [4.78, 5) is 26.0. The Morgan fingerprint density at radius 1 is 1.29 bits per heavy atom. The summed E-state index contributed by atoms with van der Waals surface area (Å²) in [5.41, 5.74) is 2.43. The van der Waals surface area contributed by atoms with Crippen molar-refractivity contribution >= 4 is 40.0 Å². The van der Waals surface area contributed by atoms with Crippen molar-refractivity contribution in [2.24, 2.45) is 0 Å². The molecule has 3 rings (SSSR count). The molecule has 0 radical (unpaired) electrons. The Labute approximate surface area is 207 Å². The van der Waals surface area contributed by atoms with Gasteiger partial charge in [0.2, 0.25) is 5.91 Å². The largest absolute Gasteiger partial charge is 0.486 e. The first-order valence-electron chi connectivity index (χ1n) is 10.7. The maximum atomic E-state index is 12.7. The van der Waals surface area contributed by atoms with Crippen LogP contribution in [-0.4, -0.2) is 39.5 Å². The van der Waals surface area contributed by atoms with Crippen LogP contribution < -0.4 is 10.1 Å². The van der Waals surface area contributed by atoms with E-state index in [1.54, 1.807) is 6.08 Å². The third kappa shape index (κ3) is 6.06. The van der Waals surface area contributed by atoms with Crippen molar-refractivity contribution in [3.63, 3.8) is 0 Å². The summed E-state index contributed by atoms with van der Waals surface area (Å²) in [5, 5.41) is 12.4. The van der Waals surface area contributed by atoms with Gasteiger partial charge in [-0.3, -0.25) is 9.36 Å². The van der Waals surface area contributed by atoms with Crippen molar-refractivity contribution in [2.75, 3.05) is 18.2 Å². The zero-order chi connectivity index (χ0) is 24.7. The number of hydrogen-bond donors (Lipinski definition) is 1. The van der Waals surface area contributed by atoms with Crippen LogP contribution in [0.2, 0.25) is 0 Å². The Kier molecular flexibility index (Phi) is 8.89. The van der Waals surface area contributed by atoms with Gasteiger partial charge in [-0.15, -0.1) is 28.1 Å². The van der Waals surface area contributed by atoms with Crippen molar-refractivity contribution in [1.82, 2.24) is 14.8 Å². The molecule has 180 valence electrons. The highest BCUT2D eigenvalue weighted by atomic mass is 32.2. The molecule has 0 atom stereocenters. The van der Waals surface area contributed by atoms with Crippen molar-refractivity contribution in [1.29, 1.82) is 0 Å². The lowest BCUT2D eigenvalue weighted by molar-refractivity contribution is -0.113. The summed E-state index contributed by atoms with van der Waals surface area (Å²) in [7, 11) is 1.34. The Bertz CT molecular complexity index is 1190. The number of aromatic nitrogens is 3. The lowest BCUT2D eigenvalue weighted by atomic mass is 10.1. The first kappa shape index (κ1) is 25.5. The van der Waals surface area contributed by atoms with E-state index in [9.17, 15) is 9.59 Å². The molecule has 2 heterocycles. The number of esters is 1. The maximum absolute atomic E-state index is 12.7. The molecule has 0 saturated carbocycles. The van der Waals surface area contributed by atoms with Gasteiger partial charge in [0.25, 0.3) is 0 Å². The number of benzene rings is 1. The number of thioether (sulfide) groups is 1. The highest BCUT2D eigenvalue weighted by molar-refractivity contribution is 7.99. The molecule has 1 aromatic carbocycles. The Morgan fingerprint density at radius 2 is 2.09 bits per heavy atom. The number of nitrogens with zero attached hydrogens (tertiary/aromatic N) is 3. The van der Waals surface area contributed by atoms with Crippen molar-refractivity contribution in [3.8, 4) is 5.75 Å². The molecule has 0 aliphatic heterocycles. The minimum Gasteiger partial charge on any atom is -0.486 e. The van der Waals surface area contributed by atoms with Gasteiger partial charge in [-0.2, -0.15) is 0 Å². The molecule has 0 saturated heterocycles. The second-order valence-corrected chi connectivity index (χ2v) is 9.59. The molecule has 1 amide bonds. The number of amides is 1. The second kappa shape index (κ2) is 11.8. The lowest BCUT2D eigenvalue weighted by Crippen LogP contribution is -2.17. The van der Waals surface area contributed by atoms with Gasteiger partial charge < -0.3 is 14.8 Å². The summed E-state index contributed by atoms with van der Waals surface area (Å²) in [6, 6.07) is 7.78. The molecular formula is C24H28N4O4S2. The number of rotatable bonds is 11. The van der Waals surface area contributed by atoms with Crippen LogP contribution in [0.1, 0.15) is 39.1 Å². The number of methoxy groups -OCH3 is 1. The number of allylic oxidation sites excluding steroid dienone is 1.